The highest BCUT2D eigenvalue weighted by Gasteiger charge is 2.00. The van der Waals surface area contributed by atoms with Crippen LogP contribution in [-0.4, -0.2) is 18.5 Å². The van der Waals surface area contributed by atoms with Gasteiger partial charge in [0.05, 0.1) is 10.6 Å². The largest absolute Gasteiger partial charge is 0.302 e. The average molecular weight is 208 g/mol. The smallest absolute Gasteiger partial charge is 0.186 e. The molecule has 0 spiro atoms. The van der Waals surface area contributed by atoms with Crippen LogP contribution in [0.2, 0.25) is 0 Å². The number of hydrogen-bond donors (Lipinski definition) is 1. The van der Waals surface area contributed by atoms with Crippen LogP contribution >= 0.6 is 0 Å². The summed E-state index contributed by atoms with van der Waals surface area (Å²) in [5.74, 6) is 0. The van der Waals surface area contributed by atoms with Gasteiger partial charge in [0, 0.05) is 12.4 Å². The summed E-state index contributed by atoms with van der Waals surface area (Å²) >= 11 is -1.91. The van der Waals surface area contributed by atoms with E-state index in [1.165, 1.54) is 0 Å². The molecule has 0 aliphatic heterocycles. The molecule has 0 bridgehead atoms. The fourth-order valence-electron chi connectivity index (χ4n) is 1.14. The number of nitrogens with zero attached hydrogens (tertiary/aromatic N) is 2. The molecule has 4 nitrogen and oxygen atoms in total. The Balaban J connectivity index is 2.36. The van der Waals surface area contributed by atoms with Crippen LogP contribution in [-0.2, 0) is 11.1 Å². The third kappa shape index (κ3) is 1.73. The molecular formula is C9H8N2O2S. The van der Waals surface area contributed by atoms with Crippen molar-refractivity contribution < 1.29 is 8.76 Å². The maximum atomic E-state index is 10.7. The van der Waals surface area contributed by atoms with E-state index in [1.54, 1.807) is 35.1 Å². The molecule has 72 valence electrons. The molecule has 0 amide bonds. The van der Waals surface area contributed by atoms with Crippen LogP contribution in [0.1, 0.15) is 0 Å². The zero-order valence-electron chi connectivity index (χ0n) is 7.20. The topological polar surface area (TPSA) is 55.1 Å². The van der Waals surface area contributed by atoms with E-state index in [-0.39, 0.29) is 0 Å². The van der Waals surface area contributed by atoms with Crippen molar-refractivity contribution in [3.05, 3.63) is 42.7 Å². The van der Waals surface area contributed by atoms with Crippen LogP contribution < -0.4 is 0 Å². The van der Waals surface area contributed by atoms with E-state index in [1.807, 2.05) is 12.3 Å². The molecule has 1 unspecified atom stereocenters. The van der Waals surface area contributed by atoms with Crippen molar-refractivity contribution in [1.82, 2.24) is 9.78 Å². The SMILES string of the molecule is O=S(O)c1ccc(-n2cccn2)cc1. The lowest BCUT2D eigenvalue weighted by Crippen LogP contribution is -1.95. The molecule has 1 N–H and O–H groups in total. The summed E-state index contributed by atoms with van der Waals surface area (Å²) in [6.45, 7) is 0. The molecule has 0 aliphatic carbocycles. The lowest BCUT2D eigenvalue weighted by Gasteiger charge is -2.01. The number of benzene rings is 1. The quantitative estimate of drug-likeness (QED) is 0.760. The molecule has 14 heavy (non-hydrogen) atoms. The van der Waals surface area contributed by atoms with Crippen LogP contribution in [0.3, 0.4) is 0 Å². The van der Waals surface area contributed by atoms with Crippen molar-refractivity contribution in [2.75, 3.05) is 0 Å². The van der Waals surface area contributed by atoms with Gasteiger partial charge >= 0.3 is 0 Å². The molecule has 1 aromatic heterocycles. The molecule has 1 atom stereocenters. The monoisotopic (exact) mass is 208 g/mol. The average Bonchev–Trinajstić information content (AvgIpc) is 2.71. The van der Waals surface area contributed by atoms with Crippen LogP contribution in [0.15, 0.2) is 47.6 Å². The van der Waals surface area contributed by atoms with Crippen molar-refractivity contribution in [3.8, 4) is 5.69 Å². The van der Waals surface area contributed by atoms with Crippen molar-refractivity contribution in [2.45, 2.75) is 4.90 Å². The molecule has 1 aromatic carbocycles. The molecule has 0 radical (unpaired) electrons. The second kappa shape index (κ2) is 3.73. The van der Waals surface area contributed by atoms with Gasteiger partial charge in [-0.15, -0.1) is 0 Å². The first kappa shape index (κ1) is 9.11. The minimum atomic E-state index is -1.91. The molecular weight excluding hydrogens is 200 g/mol. The Morgan fingerprint density at radius 2 is 2.00 bits per heavy atom. The van der Waals surface area contributed by atoms with Crippen molar-refractivity contribution in [3.63, 3.8) is 0 Å². The molecule has 5 heteroatoms. The second-order valence-corrected chi connectivity index (χ2v) is 3.66. The van der Waals surface area contributed by atoms with Gasteiger partial charge in [-0.2, -0.15) is 5.10 Å². The maximum absolute atomic E-state index is 10.7. The summed E-state index contributed by atoms with van der Waals surface area (Å²) in [7, 11) is 0. The van der Waals surface area contributed by atoms with Gasteiger partial charge in [-0.3, -0.25) is 0 Å². The Hall–Kier alpha value is -1.46. The summed E-state index contributed by atoms with van der Waals surface area (Å²) < 4.78 is 21.2. The number of hydrogen-bond acceptors (Lipinski definition) is 2. The third-order valence-electron chi connectivity index (χ3n) is 1.81. The fraction of sp³-hybridized carbons (Fsp3) is 0. The van der Waals surface area contributed by atoms with Gasteiger partial charge in [0.1, 0.15) is 0 Å². The van der Waals surface area contributed by atoms with Gasteiger partial charge in [0.25, 0.3) is 0 Å². The fourth-order valence-corrected chi connectivity index (χ4v) is 1.51. The van der Waals surface area contributed by atoms with Crippen LogP contribution in [0.4, 0.5) is 0 Å². The normalized spacial score (nSPS) is 12.6. The summed E-state index contributed by atoms with van der Waals surface area (Å²) in [6.07, 6.45) is 3.49. The minimum Gasteiger partial charge on any atom is -0.302 e. The predicted octanol–water partition coefficient (Wildman–Crippen LogP) is 1.45. The van der Waals surface area contributed by atoms with E-state index >= 15 is 0 Å². The number of rotatable bonds is 2. The van der Waals surface area contributed by atoms with Crippen molar-refractivity contribution in [2.24, 2.45) is 0 Å². The van der Waals surface area contributed by atoms with Gasteiger partial charge in [-0.1, -0.05) is 0 Å². The highest BCUT2D eigenvalue weighted by Crippen LogP contribution is 2.10. The zero-order valence-corrected chi connectivity index (χ0v) is 8.02. The molecule has 1 heterocycles. The Morgan fingerprint density at radius 1 is 1.29 bits per heavy atom. The predicted molar refractivity (Wildman–Crippen MR) is 52.6 cm³/mol. The Morgan fingerprint density at radius 3 is 2.50 bits per heavy atom. The van der Waals surface area contributed by atoms with Gasteiger partial charge in [-0.05, 0) is 30.3 Å². The standard InChI is InChI=1S/C9H8N2O2S/c12-14(13)9-4-2-8(3-5-9)11-7-1-6-10-11/h1-7H,(H,12,13). The van der Waals surface area contributed by atoms with Crippen molar-refractivity contribution in [1.29, 1.82) is 0 Å². The van der Waals surface area contributed by atoms with E-state index in [2.05, 4.69) is 5.10 Å². The van der Waals surface area contributed by atoms with Crippen molar-refractivity contribution >= 4 is 11.1 Å². The highest BCUT2D eigenvalue weighted by atomic mass is 32.2. The Bertz CT molecular complexity index is 436. The lowest BCUT2D eigenvalue weighted by molar-refractivity contribution is 0.564. The summed E-state index contributed by atoms with van der Waals surface area (Å²) in [6, 6.07) is 8.52. The second-order valence-electron chi connectivity index (χ2n) is 2.69. The molecule has 0 aliphatic rings. The van der Waals surface area contributed by atoms with Gasteiger partial charge in [-0.25, -0.2) is 8.89 Å². The van der Waals surface area contributed by atoms with Gasteiger partial charge in [0.2, 0.25) is 0 Å². The Labute approximate surface area is 83.5 Å². The van der Waals surface area contributed by atoms with Crippen LogP contribution in [0.25, 0.3) is 5.69 Å². The first-order chi connectivity index (χ1) is 6.77. The van der Waals surface area contributed by atoms with Gasteiger partial charge < -0.3 is 4.55 Å². The van der Waals surface area contributed by atoms with E-state index in [9.17, 15) is 4.21 Å². The summed E-state index contributed by atoms with van der Waals surface area (Å²) in [4.78, 5) is 0.390. The molecule has 0 saturated carbocycles. The summed E-state index contributed by atoms with van der Waals surface area (Å²) in [5, 5.41) is 4.04. The third-order valence-corrected chi connectivity index (χ3v) is 2.48. The molecule has 0 saturated heterocycles. The van der Waals surface area contributed by atoms with E-state index in [4.69, 9.17) is 4.55 Å². The van der Waals surface area contributed by atoms with Crippen LogP contribution in [0, 0.1) is 0 Å². The van der Waals surface area contributed by atoms with E-state index in [0.29, 0.717) is 4.90 Å². The minimum absolute atomic E-state index is 0.390. The molecule has 2 rings (SSSR count). The summed E-state index contributed by atoms with van der Waals surface area (Å²) in [5.41, 5.74) is 0.865. The zero-order chi connectivity index (χ0) is 9.97. The Kier molecular flexibility index (Phi) is 2.43. The first-order valence-electron chi connectivity index (χ1n) is 3.98. The molecule has 0 fully saturated rings. The maximum Gasteiger partial charge on any atom is 0.186 e. The van der Waals surface area contributed by atoms with E-state index in [0.717, 1.165) is 5.69 Å². The van der Waals surface area contributed by atoms with Crippen LogP contribution in [0.5, 0.6) is 0 Å². The van der Waals surface area contributed by atoms with E-state index < -0.39 is 11.1 Å². The first-order valence-corrected chi connectivity index (χ1v) is 5.09. The number of aromatic nitrogens is 2. The van der Waals surface area contributed by atoms with Gasteiger partial charge in [0.15, 0.2) is 11.1 Å². The molecule has 2 aromatic rings. The lowest BCUT2D eigenvalue weighted by atomic mass is 10.3. The highest BCUT2D eigenvalue weighted by molar-refractivity contribution is 7.79.